The van der Waals surface area contributed by atoms with Crippen LogP contribution in [0.15, 0.2) is 83.6 Å². The Labute approximate surface area is 162 Å². The third-order valence-electron chi connectivity index (χ3n) is 4.40. The molecule has 0 saturated heterocycles. The number of hydrogen-bond acceptors (Lipinski definition) is 4. The summed E-state index contributed by atoms with van der Waals surface area (Å²) in [6.07, 6.45) is 3.92. The highest BCUT2D eigenvalue weighted by Crippen LogP contribution is 2.23. The highest BCUT2D eigenvalue weighted by molar-refractivity contribution is 5.94. The molecule has 0 atom stereocenters. The maximum absolute atomic E-state index is 12.4. The normalized spacial score (nSPS) is 10.6. The van der Waals surface area contributed by atoms with Crippen LogP contribution in [0.1, 0.15) is 16.1 Å². The van der Waals surface area contributed by atoms with Gasteiger partial charge in [0.2, 0.25) is 0 Å². The summed E-state index contributed by atoms with van der Waals surface area (Å²) in [6, 6.07) is 20.7. The zero-order chi connectivity index (χ0) is 19.3. The number of amides is 1. The minimum atomic E-state index is -0.159. The Hall–Kier alpha value is -3.80. The van der Waals surface area contributed by atoms with E-state index in [2.05, 4.69) is 10.5 Å². The van der Waals surface area contributed by atoms with Crippen molar-refractivity contribution in [2.24, 2.45) is 0 Å². The highest BCUT2D eigenvalue weighted by Gasteiger charge is 2.10. The summed E-state index contributed by atoms with van der Waals surface area (Å²) in [7, 11) is 1.62. The number of carbonyl (C=O) groups excluding carboxylic acids is 1. The van der Waals surface area contributed by atoms with Crippen LogP contribution in [0.2, 0.25) is 0 Å². The molecule has 0 radical (unpaired) electrons. The van der Waals surface area contributed by atoms with Crippen molar-refractivity contribution in [2.45, 2.75) is 6.54 Å². The minimum Gasteiger partial charge on any atom is -0.497 e. The van der Waals surface area contributed by atoms with Gasteiger partial charge in [0.05, 0.1) is 13.7 Å². The number of benzene rings is 2. The lowest BCUT2D eigenvalue weighted by Crippen LogP contribution is -2.22. The van der Waals surface area contributed by atoms with Crippen molar-refractivity contribution in [3.05, 3.63) is 90.4 Å². The van der Waals surface area contributed by atoms with E-state index in [1.165, 1.54) is 0 Å². The number of methoxy groups -OCH3 is 1. The molecule has 2 heterocycles. The lowest BCUT2D eigenvalue weighted by molar-refractivity contribution is 0.0950. The van der Waals surface area contributed by atoms with Crippen LogP contribution in [-0.2, 0) is 6.54 Å². The summed E-state index contributed by atoms with van der Waals surface area (Å²) >= 11 is 0. The number of ether oxygens (including phenoxy) is 1. The number of carbonyl (C=O) groups is 1. The van der Waals surface area contributed by atoms with E-state index >= 15 is 0 Å². The molecule has 1 amide bonds. The molecule has 28 heavy (non-hydrogen) atoms. The molecule has 2 aromatic carbocycles. The van der Waals surface area contributed by atoms with Crippen molar-refractivity contribution in [1.29, 1.82) is 0 Å². The maximum Gasteiger partial charge on any atom is 0.251 e. The monoisotopic (exact) mass is 373 g/mol. The van der Waals surface area contributed by atoms with E-state index in [4.69, 9.17) is 9.26 Å². The van der Waals surface area contributed by atoms with Gasteiger partial charge in [-0.15, -0.1) is 0 Å². The predicted molar refractivity (Wildman–Crippen MR) is 105 cm³/mol. The molecule has 4 rings (SSSR count). The van der Waals surface area contributed by atoms with Crippen molar-refractivity contribution < 1.29 is 14.1 Å². The highest BCUT2D eigenvalue weighted by atomic mass is 16.5. The van der Waals surface area contributed by atoms with E-state index in [1.54, 1.807) is 19.2 Å². The molecule has 0 bridgehead atoms. The van der Waals surface area contributed by atoms with Gasteiger partial charge in [-0.2, -0.15) is 0 Å². The Balaban J connectivity index is 1.37. The van der Waals surface area contributed by atoms with E-state index < -0.39 is 0 Å². The van der Waals surface area contributed by atoms with Crippen molar-refractivity contribution in [1.82, 2.24) is 15.0 Å². The SMILES string of the molecule is COc1ccc(-c2cc(CNC(=O)c3ccc(-n4cccc4)cc3)no2)cc1. The van der Waals surface area contributed by atoms with Gasteiger partial charge in [-0.1, -0.05) is 5.16 Å². The second kappa shape index (κ2) is 7.84. The second-order valence-corrected chi connectivity index (χ2v) is 6.23. The Morgan fingerprint density at radius 3 is 2.46 bits per heavy atom. The smallest absolute Gasteiger partial charge is 0.251 e. The zero-order valence-electron chi connectivity index (χ0n) is 15.3. The molecule has 0 unspecified atom stereocenters. The number of aromatic nitrogens is 2. The van der Waals surface area contributed by atoms with E-state index in [-0.39, 0.29) is 12.5 Å². The lowest BCUT2D eigenvalue weighted by atomic mass is 10.1. The molecule has 2 aromatic heterocycles. The first-order valence-electron chi connectivity index (χ1n) is 8.84. The van der Waals surface area contributed by atoms with Crippen LogP contribution in [0.3, 0.4) is 0 Å². The van der Waals surface area contributed by atoms with Gasteiger partial charge in [-0.05, 0) is 60.7 Å². The molecule has 0 saturated carbocycles. The van der Waals surface area contributed by atoms with Crippen LogP contribution in [0.4, 0.5) is 0 Å². The largest absolute Gasteiger partial charge is 0.497 e. The van der Waals surface area contributed by atoms with E-state index in [0.717, 1.165) is 17.0 Å². The quantitative estimate of drug-likeness (QED) is 0.553. The van der Waals surface area contributed by atoms with Crippen LogP contribution >= 0.6 is 0 Å². The fourth-order valence-electron chi connectivity index (χ4n) is 2.85. The Kier molecular flexibility index (Phi) is 4.93. The molecular formula is C22H19N3O3. The van der Waals surface area contributed by atoms with Crippen LogP contribution in [-0.4, -0.2) is 22.7 Å². The van der Waals surface area contributed by atoms with Gasteiger partial charge in [0, 0.05) is 35.3 Å². The molecule has 6 heteroatoms. The number of rotatable bonds is 6. The third kappa shape index (κ3) is 3.81. The van der Waals surface area contributed by atoms with Crippen LogP contribution in [0.25, 0.3) is 17.0 Å². The summed E-state index contributed by atoms with van der Waals surface area (Å²) in [5.74, 6) is 1.26. The van der Waals surface area contributed by atoms with Crippen molar-refractivity contribution >= 4 is 5.91 Å². The standard InChI is InChI=1S/C22H19N3O3/c1-27-20-10-6-16(7-11-20)21-14-18(24-28-21)15-23-22(26)17-4-8-19(9-5-17)25-12-2-3-13-25/h2-14H,15H2,1H3,(H,23,26). The zero-order valence-corrected chi connectivity index (χ0v) is 15.3. The molecule has 1 N–H and O–H groups in total. The first kappa shape index (κ1) is 17.6. The van der Waals surface area contributed by atoms with Gasteiger partial charge in [-0.3, -0.25) is 4.79 Å². The first-order valence-corrected chi connectivity index (χ1v) is 8.84. The second-order valence-electron chi connectivity index (χ2n) is 6.23. The van der Waals surface area contributed by atoms with Crippen molar-refractivity contribution in [3.63, 3.8) is 0 Å². The molecule has 6 nitrogen and oxygen atoms in total. The van der Waals surface area contributed by atoms with E-state index in [9.17, 15) is 4.79 Å². The van der Waals surface area contributed by atoms with Gasteiger partial charge >= 0.3 is 0 Å². The van der Waals surface area contributed by atoms with Gasteiger partial charge in [0.1, 0.15) is 11.4 Å². The van der Waals surface area contributed by atoms with Crippen LogP contribution in [0, 0.1) is 0 Å². The fraction of sp³-hybridized carbons (Fsp3) is 0.0909. The lowest BCUT2D eigenvalue weighted by Gasteiger charge is -2.06. The van der Waals surface area contributed by atoms with Crippen molar-refractivity contribution in [2.75, 3.05) is 7.11 Å². The summed E-state index contributed by atoms with van der Waals surface area (Å²) in [5, 5.41) is 6.89. The summed E-state index contributed by atoms with van der Waals surface area (Å²) < 4.78 is 12.5. The Morgan fingerprint density at radius 1 is 1.07 bits per heavy atom. The Morgan fingerprint density at radius 2 is 1.79 bits per heavy atom. The topological polar surface area (TPSA) is 69.3 Å². The molecular weight excluding hydrogens is 354 g/mol. The average molecular weight is 373 g/mol. The van der Waals surface area contributed by atoms with Crippen LogP contribution in [0.5, 0.6) is 5.75 Å². The predicted octanol–water partition coefficient (Wildman–Crippen LogP) is 4.07. The molecule has 0 spiro atoms. The first-order chi connectivity index (χ1) is 13.7. The summed E-state index contributed by atoms with van der Waals surface area (Å²) in [6.45, 7) is 0.290. The van der Waals surface area contributed by atoms with Crippen molar-refractivity contribution in [3.8, 4) is 22.8 Å². The van der Waals surface area contributed by atoms with Gasteiger partial charge in [-0.25, -0.2) is 0 Å². The fourth-order valence-corrected chi connectivity index (χ4v) is 2.85. The number of nitrogens with zero attached hydrogens (tertiary/aromatic N) is 2. The average Bonchev–Trinajstić information content (AvgIpc) is 3.44. The van der Waals surface area contributed by atoms with Gasteiger partial charge in [0.15, 0.2) is 5.76 Å². The molecule has 4 aromatic rings. The molecule has 0 aliphatic heterocycles. The van der Waals surface area contributed by atoms with Gasteiger partial charge < -0.3 is 19.1 Å². The number of hydrogen-bond donors (Lipinski definition) is 1. The van der Waals surface area contributed by atoms with Gasteiger partial charge in [0.25, 0.3) is 5.91 Å². The third-order valence-corrected chi connectivity index (χ3v) is 4.40. The molecule has 0 fully saturated rings. The van der Waals surface area contributed by atoms with Crippen LogP contribution < -0.4 is 10.1 Å². The number of nitrogens with one attached hydrogen (secondary N) is 1. The summed E-state index contributed by atoms with van der Waals surface area (Å²) in [4.78, 5) is 12.4. The Bertz CT molecular complexity index is 1050. The van der Waals surface area contributed by atoms with E-state index in [0.29, 0.717) is 17.0 Å². The molecule has 0 aliphatic carbocycles. The maximum atomic E-state index is 12.4. The summed E-state index contributed by atoms with van der Waals surface area (Å²) in [5.41, 5.74) is 3.14. The minimum absolute atomic E-state index is 0.159. The molecule has 0 aliphatic rings. The van der Waals surface area contributed by atoms with E-state index in [1.807, 2.05) is 71.6 Å². The molecule has 140 valence electrons.